The van der Waals surface area contributed by atoms with E-state index in [2.05, 4.69) is 39.3 Å². The Balaban J connectivity index is 1.06. The number of benzene rings is 1. The Morgan fingerprint density at radius 2 is 1.71 bits per heavy atom. The molecule has 4 heterocycles. The van der Waals surface area contributed by atoms with E-state index in [4.69, 9.17) is 15.6 Å². The zero-order chi connectivity index (χ0) is 41.7. The van der Waals surface area contributed by atoms with Crippen molar-refractivity contribution in [3.8, 4) is 11.1 Å². The maximum atomic E-state index is 12.9. The van der Waals surface area contributed by atoms with Crippen LogP contribution in [-0.2, 0) is 11.3 Å². The number of carbonyl (C=O) groups is 1. The average Bonchev–Trinajstić information content (AvgIpc) is 3.76. The Kier molecular flexibility index (Phi) is 11.0. The number of rotatable bonds is 17. The number of thiazole rings is 1. The second-order valence-corrected chi connectivity index (χ2v) is 19.4. The Morgan fingerprint density at radius 3 is 2.41 bits per heavy atom. The van der Waals surface area contributed by atoms with Crippen LogP contribution in [0.4, 0.5) is 22.6 Å². The maximum absolute atomic E-state index is 12.9. The van der Waals surface area contributed by atoms with Gasteiger partial charge in [-0.1, -0.05) is 37.3 Å². The molecule has 0 aliphatic heterocycles. The highest BCUT2D eigenvalue weighted by atomic mass is 32.1. The third-order valence-electron chi connectivity index (χ3n) is 13.2. The van der Waals surface area contributed by atoms with Crippen LogP contribution in [0.25, 0.3) is 21.3 Å². The van der Waals surface area contributed by atoms with E-state index in [1.807, 2.05) is 48.9 Å². The number of para-hydroxylation sites is 1. The number of nitrogens with one attached hydrogen (secondary N) is 1. The predicted molar refractivity (Wildman–Crippen MR) is 229 cm³/mol. The number of hydrogen-bond donors (Lipinski definition) is 5. The van der Waals surface area contributed by atoms with E-state index >= 15 is 0 Å². The summed E-state index contributed by atoms with van der Waals surface area (Å²) in [7, 11) is 1.79. The van der Waals surface area contributed by atoms with E-state index in [1.54, 1.807) is 30.3 Å². The molecule has 4 aliphatic carbocycles. The minimum Gasteiger partial charge on any atom is -0.476 e. The van der Waals surface area contributed by atoms with Crippen LogP contribution in [0.15, 0.2) is 48.7 Å². The van der Waals surface area contributed by atoms with Gasteiger partial charge in [0, 0.05) is 49.0 Å². The zero-order valence-electron chi connectivity index (χ0n) is 34.7. The number of unbranched alkanes of at least 4 members (excludes halogenated alkanes) is 1. The van der Waals surface area contributed by atoms with Crippen molar-refractivity contribution in [3.05, 3.63) is 65.6 Å². The Labute approximate surface area is 349 Å². The van der Waals surface area contributed by atoms with Crippen molar-refractivity contribution in [2.45, 2.75) is 110 Å². The number of aryl methyl sites for hydroxylation is 1. The first-order valence-electron chi connectivity index (χ1n) is 20.8. The highest BCUT2D eigenvalue weighted by molar-refractivity contribution is 7.22. The molecule has 5 aromatic rings. The lowest BCUT2D eigenvalue weighted by molar-refractivity contribution is -0.269. The van der Waals surface area contributed by atoms with Gasteiger partial charge in [-0.3, -0.25) is 4.68 Å². The minimum atomic E-state index is -1.14. The summed E-state index contributed by atoms with van der Waals surface area (Å²) >= 11 is 1.54. The number of hydrogen-bond acceptors (Lipinski definition) is 13. The van der Waals surface area contributed by atoms with E-state index in [0.717, 1.165) is 58.7 Å². The van der Waals surface area contributed by atoms with Gasteiger partial charge in [-0.05, 0) is 131 Å². The van der Waals surface area contributed by atoms with Crippen LogP contribution < -0.4 is 16.0 Å². The molecule has 4 aliphatic rings. The number of aromatic carboxylic acids is 1. The van der Waals surface area contributed by atoms with E-state index in [-0.39, 0.29) is 41.3 Å². The third kappa shape index (κ3) is 8.07. The number of pyridine rings is 1. The number of nitrogens with two attached hydrogens (primary N) is 1. The van der Waals surface area contributed by atoms with Gasteiger partial charge in [0.1, 0.15) is 11.5 Å². The van der Waals surface area contributed by atoms with Crippen molar-refractivity contribution in [3.63, 3.8) is 0 Å². The highest BCUT2D eigenvalue weighted by Crippen LogP contribution is 2.71. The molecule has 4 unspecified atom stereocenters. The SMILES string of the molecule is Cc1cc(N(C)c2ccc(-c3cnn(CC45CC6(C)CC(CC(C)(C6)C4)C5OC(N)(CCCO)CCCCO)c3C)c(C(=O)O)n2)nnc1Nc1nc2ccccc2s1. The summed E-state index contributed by atoms with van der Waals surface area (Å²) in [5, 5.41) is 47.6. The number of aliphatic hydroxyl groups is 2. The number of fused-ring (bicyclic) bond motifs is 1. The molecule has 15 heteroatoms. The summed E-state index contributed by atoms with van der Waals surface area (Å²) in [4.78, 5) is 23.9. The summed E-state index contributed by atoms with van der Waals surface area (Å²) < 4.78 is 10.3. The molecule has 14 nitrogen and oxygen atoms in total. The molecule has 1 aromatic carbocycles. The number of nitrogens with zero attached hydrogens (tertiary/aromatic N) is 7. The monoisotopic (exact) mass is 823 g/mol. The molecule has 4 fully saturated rings. The van der Waals surface area contributed by atoms with Crippen molar-refractivity contribution in [2.24, 2.45) is 27.9 Å². The molecule has 4 atom stereocenters. The van der Waals surface area contributed by atoms with Crippen LogP contribution in [0.2, 0.25) is 0 Å². The third-order valence-corrected chi connectivity index (χ3v) is 14.2. The van der Waals surface area contributed by atoms with Gasteiger partial charge in [0.05, 0.1) is 22.5 Å². The van der Waals surface area contributed by atoms with Crippen molar-refractivity contribution in [2.75, 3.05) is 30.5 Å². The Bertz CT molecular complexity index is 2300. The number of ether oxygens (including phenoxy) is 1. The number of carboxylic acids is 1. The zero-order valence-corrected chi connectivity index (χ0v) is 35.6. The molecule has 0 spiro atoms. The van der Waals surface area contributed by atoms with Crippen LogP contribution in [0.1, 0.15) is 99.8 Å². The van der Waals surface area contributed by atoms with Crippen molar-refractivity contribution in [1.29, 1.82) is 0 Å². The lowest BCUT2D eigenvalue weighted by Crippen LogP contribution is -2.66. The molecular formula is C44H57N9O5S. The standard InChI is InChI=1S/C44H57N9O5S/c1-27-19-35(50-51-38(27)49-40-47-32-11-6-7-12-33(32)59-40)52(5)34-14-13-30(36(48-34)39(56)57)31-22-46-53(28(31)2)26-43-24-41(3)20-29(21-42(4,23-41)25-43)37(43)58-44(45,16-10-18-55)15-8-9-17-54/h6-7,11-14,19,22,29,37,54-55H,8-10,15-18,20-21,23-26,45H2,1-5H3,(H,56,57)(H,47,49,51). The normalized spacial score (nSPS) is 25.7. The summed E-state index contributed by atoms with van der Waals surface area (Å²) in [6.07, 6.45) is 10.1. The van der Waals surface area contributed by atoms with Gasteiger partial charge in [-0.2, -0.15) is 5.10 Å². The van der Waals surface area contributed by atoms with Crippen LogP contribution in [0.5, 0.6) is 0 Å². The molecule has 0 amide bonds. The lowest BCUT2D eigenvalue weighted by atomic mass is 9.39. The van der Waals surface area contributed by atoms with Crippen molar-refractivity contribution >= 4 is 50.1 Å². The smallest absolute Gasteiger partial charge is 0.355 e. The van der Waals surface area contributed by atoms with Gasteiger partial charge >= 0.3 is 5.97 Å². The van der Waals surface area contributed by atoms with Gasteiger partial charge in [0.15, 0.2) is 22.5 Å². The van der Waals surface area contributed by atoms with E-state index < -0.39 is 11.7 Å². The number of anilines is 4. The van der Waals surface area contributed by atoms with Crippen LogP contribution >= 0.6 is 11.3 Å². The first-order chi connectivity index (χ1) is 28.1. The van der Waals surface area contributed by atoms with Crippen molar-refractivity contribution < 1.29 is 24.9 Å². The molecule has 9 rings (SSSR count). The molecular weight excluding hydrogens is 767 g/mol. The summed E-state index contributed by atoms with van der Waals surface area (Å²) in [5.41, 5.74) is 10.0. The van der Waals surface area contributed by atoms with Crippen LogP contribution in [0, 0.1) is 36.0 Å². The maximum Gasteiger partial charge on any atom is 0.355 e. The number of aliphatic hydroxyl groups excluding tert-OH is 2. The molecule has 0 radical (unpaired) electrons. The second kappa shape index (κ2) is 15.8. The van der Waals surface area contributed by atoms with Gasteiger partial charge < -0.3 is 36.0 Å². The molecule has 314 valence electrons. The summed E-state index contributed by atoms with van der Waals surface area (Å²) in [6.45, 7) is 9.56. The first-order valence-corrected chi connectivity index (χ1v) is 21.6. The predicted octanol–water partition coefficient (Wildman–Crippen LogP) is 7.75. The molecule has 59 heavy (non-hydrogen) atoms. The van der Waals surface area contributed by atoms with Gasteiger partial charge in [-0.15, -0.1) is 10.2 Å². The second-order valence-electron chi connectivity index (χ2n) is 18.4. The van der Waals surface area contributed by atoms with Crippen LogP contribution in [-0.4, -0.2) is 83.3 Å². The Hall–Kier alpha value is -4.54. The summed E-state index contributed by atoms with van der Waals surface area (Å²) in [6, 6.07) is 13.4. The van der Waals surface area contributed by atoms with Gasteiger partial charge in [0.2, 0.25) is 0 Å². The Morgan fingerprint density at radius 1 is 0.983 bits per heavy atom. The first kappa shape index (κ1) is 41.2. The number of aromatic nitrogens is 6. The fourth-order valence-electron chi connectivity index (χ4n) is 11.4. The molecule has 4 saturated carbocycles. The molecule has 4 aromatic heterocycles. The number of carboxylic acid groups (broad SMARTS) is 1. The fraction of sp³-hybridized carbons (Fsp3) is 0.545. The van der Waals surface area contributed by atoms with E-state index in [0.29, 0.717) is 66.7 Å². The quantitative estimate of drug-likeness (QED) is 0.0451. The van der Waals surface area contributed by atoms with Crippen molar-refractivity contribution in [1.82, 2.24) is 29.9 Å². The molecule has 4 bridgehead atoms. The van der Waals surface area contributed by atoms with E-state index in [9.17, 15) is 20.1 Å². The van der Waals surface area contributed by atoms with E-state index in [1.165, 1.54) is 17.8 Å². The highest BCUT2D eigenvalue weighted by Gasteiger charge is 2.66. The van der Waals surface area contributed by atoms with Gasteiger partial charge in [0.25, 0.3) is 0 Å². The molecule has 0 saturated heterocycles. The van der Waals surface area contributed by atoms with Gasteiger partial charge in [-0.25, -0.2) is 14.8 Å². The topological polar surface area (TPSA) is 198 Å². The fourth-order valence-corrected chi connectivity index (χ4v) is 12.2. The summed E-state index contributed by atoms with van der Waals surface area (Å²) in [5.74, 6) is 0.716. The minimum absolute atomic E-state index is 0.0441. The lowest BCUT2D eigenvalue weighted by Gasteiger charge is -2.68. The van der Waals surface area contributed by atoms with Crippen LogP contribution in [0.3, 0.4) is 0 Å². The largest absolute Gasteiger partial charge is 0.476 e. The average molecular weight is 824 g/mol. The molecule has 6 N–H and O–H groups in total.